The van der Waals surface area contributed by atoms with Crippen molar-refractivity contribution in [3.05, 3.63) is 11.8 Å². The summed E-state index contributed by atoms with van der Waals surface area (Å²) in [5.41, 5.74) is 0.184. The molecule has 0 aromatic carbocycles. The lowest BCUT2D eigenvalue weighted by molar-refractivity contribution is 0.406. The van der Waals surface area contributed by atoms with Crippen LogP contribution < -0.4 is 5.32 Å². The van der Waals surface area contributed by atoms with Gasteiger partial charge in [-0.25, -0.2) is 0 Å². The van der Waals surface area contributed by atoms with Gasteiger partial charge in [0.15, 0.2) is 0 Å². The Morgan fingerprint density at radius 3 is 2.40 bits per heavy atom. The second-order valence-electron chi connectivity index (χ2n) is 4.72. The Balaban J connectivity index is 2.20. The third-order valence-electron chi connectivity index (χ3n) is 2.03. The zero-order chi connectivity index (χ0) is 11.3. The zero-order valence-electron chi connectivity index (χ0n) is 10.1. The Morgan fingerprint density at radius 2 is 1.87 bits per heavy atom. The number of aryl methyl sites for hydroxylation is 2. The number of nitrogens with zero attached hydrogens (tertiary/aromatic N) is 2. The number of aromatic nitrogens is 2. The quantitative estimate of drug-likeness (QED) is 0.756. The minimum atomic E-state index is 0.184. The summed E-state index contributed by atoms with van der Waals surface area (Å²) in [6.07, 6.45) is 2.70. The standard InChI is InChI=1S/C11H21N3O/c1-5-9-13-14-10(15-9)7-6-8-12-11(2,3)4/h12H,5-8H2,1-4H3. The lowest BCUT2D eigenvalue weighted by Gasteiger charge is -2.19. The maximum Gasteiger partial charge on any atom is 0.216 e. The van der Waals surface area contributed by atoms with Crippen molar-refractivity contribution < 1.29 is 4.42 Å². The van der Waals surface area contributed by atoms with Gasteiger partial charge in [0, 0.05) is 18.4 Å². The fourth-order valence-electron chi connectivity index (χ4n) is 1.24. The van der Waals surface area contributed by atoms with E-state index in [1.807, 2.05) is 6.92 Å². The van der Waals surface area contributed by atoms with Crippen LogP contribution in [0.15, 0.2) is 4.42 Å². The molecule has 1 N–H and O–H groups in total. The SMILES string of the molecule is CCc1nnc(CCCNC(C)(C)C)o1. The van der Waals surface area contributed by atoms with Gasteiger partial charge in [-0.15, -0.1) is 10.2 Å². The molecule has 0 aliphatic heterocycles. The summed E-state index contributed by atoms with van der Waals surface area (Å²) in [7, 11) is 0. The minimum Gasteiger partial charge on any atom is -0.425 e. The molecule has 1 rings (SSSR count). The van der Waals surface area contributed by atoms with E-state index in [0.29, 0.717) is 0 Å². The van der Waals surface area contributed by atoms with Crippen LogP contribution in [0.3, 0.4) is 0 Å². The topological polar surface area (TPSA) is 51.0 Å². The van der Waals surface area contributed by atoms with Gasteiger partial charge in [0.05, 0.1) is 0 Å². The Bertz CT molecular complexity index is 288. The van der Waals surface area contributed by atoms with Gasteiger partial charge in [0.25, 0.3) is 0 Å². The average molecular weight is 211 g/mol. The highest BCUT2D eigenvalue weighted by atomic mass is 16.4. The highest BCUT2D eigenvalue weighted by Gasteiger charge is 2.08. The molecule has 1 aromatic heterocycles. The normalized spacial score (nSPS) is 12.0. The van der Waals surface area contributed by atoms with Gasteiger partial charge in [0.2, 0.25) is 11.8 Å². The van der Waals surface area contributed by atoms with E-state index >= 15 is 0 Å². The van der Waals surface area contributed by atoms with E-state index in [-0.39, 0.29) is 5.54 Å². The van der Waals surface area contributed by atoms with Gasteiger partial charge in [0.1, 0.15) is 0 Å². The van der Waals surface area contributed by atoms with Gasteiger partial charge in [-0.2, -0.15) is 0 Å². The third-order valence-corrected chi connectivity index (χ3v) is 2.03. The molecule has 4 heteroatoms. The molecule has 0 saturated heterocycles. The van der Waals surface area contributed by atoms with E-state index in [2.05, 4.69) is 36.3 Å². The summed E-state index contributed by atoms with van der Waals surface area (Å²) in [4.78, 5) is 0. The predicted molar refractivity (Wildman–Crippen MR) is 59.8 cm³/mol. The number of hydrogen-bond acceptors (Lipinski definition) is 4. The molecule has 0 aliphatic rings. The zero-order valence-corrected chi connectivity index (χ0v) is 10.1. The van der Waals surface area contributed by atoms with Gasteiger partial charge in [-0.3, -0.25) is 0 Å². The largest absolute Gasteiger partial charge is 0.425 e. The van der Waals surface area contributed by atoms with E-state index in [1.165, 1.54) is 0 Å². The Kier molecular flexibility index (Phi) is 4.27. The summed E-state index contributed by atoms with van der Waals surface area (Å²) in [6.45, 7) is 9.48. The highest BCUT2D eigenvalue weighted by Crippen LogP contribution is 2.04. The van der Waals surface area contributed by atoms with Crippen molar-refractivity contribution in [3.8, 4) is 0 Å². The fourth-order valence-corrected chi connectivity index (χ4v) is 1.24. The molecule has 86 valence electrons. The molecule has 4 nitrogen and oxygen atoms in total. The number of rotatable bonds is 5. The van der Waals surface area contributed by atoms with E-state index in [0.717, 1.165) is 37.6 Å². The first-order chi connectivity index (χ1) is 7.01. The van der Waals surface area contributed by atoms with Crippen molar-refractivity contribution in [2.75, 3.05) is 6.54 Å². The van der Waals surface area contributed by atoms with Crippen LogP contribution in [0.5, 0.6) is 0 Å². The van der Waals surface area contributed by atoms with Crippen molar-refractivity contribution in [1.82, 2.24) is 15.5 Å². The summed E-state index contributed by atoms with van der Waals surface area (Å²) < 4.78 is 5.41. The lowest BCUT2D eigenvalue weighted by Crippen LogP contribution is -2.36. The van der Waals surface area contributed by atoms with Crippen LogP contribution in [-0.2, 0) is 12.8 Å². The molecule has 0 bridgehead atoms. The summed E-state index contributed by atoms with van der Waals surface area (Å²) in [6, 6.07) is 0. The highest BCUT2D eigenvalue weighted by molar-refractivity contribution is 4.81. The molecular weight excluding hydrogens is 190 g/mol. The van der Waals surface area contributed by atoms with E-state index in [9.17, 15) is 0 Å². The Labute approximate surface area is 91.5 Å². The Hall–Kier alpha value is -0.900. The van der Waals surface area contributed by atoms with Crippen molar-refractivity contribution >= 4 is 0 Å². The molecule has 0 saturated carbocycles. The summed E-state index contributed by atoms with van der Waals surface area (Å²) >= 11 is 0. The molecule has 1 aromatic rings. The molecule has 0 unspecified atom stereocenters. The maximum absolute atomic E-state index is 5.41. The molecule has 0 amide bonds. The van der Waals surface area contributed by atoms with Crippen LogP contribution in [0, 0.1) is 0 Å². The van der Waals surface area contributed by atoms with E-state index in [4.69, 9.17) is 4.42 Å². The summed E-state index contributed by atoms with van der Waals surface area (Å²) in [5.74, 6) is 1.48. The Morgan fingerprint density at radius 1 is 1.20 bits per heavy atom. The van der Waals surface area contributed by atoms with Crippen molar-refractivity contribution in [3.63, 3.8) is 0 Å². The van der Waals surface area contributed by atoms with Crippen molar-refractivity contribution in [2.45, 2.75) is 52.5 Å². The van der Waals surface area contributed by atoms with Gasteiger partial charge >= 0.3 is 0 Å². The summed E-state index contributed by atoms with van der Waals surface area (Å²) in [5, 5.41) is 11.3. The predicted octanol–water partition coefficient (Wildman–Crippen LogP) is 1.95. The number of nitrogens with one attached hydrogen (secondary N) is 1. The average Bonchev–Trinajstić information content (AvgIpc) is 2.59. The fraction of sp³-hybridized carbons (Fsp3) is 0.818. The first-order valence-corrected chi connectivity index (χ1v) is 5.57. The van der Waals surface area contributed by atoms with Crippen LogP contribution in [0.2, 0.25) is 0 Å². The second-order valence-corrected chi connectivity index (χ2v) is 4.72. The minimum absolute atomic E-state index is 0.184. The molecule has 0 spiro atoms. The van der Waals surface area contributed by atoms with Crippen molar-refractivity contribution in [2.24, 2.45) is 0 Å². The lowest BCUT2D eigenvalue weighted by atomic mass is 10.1. The molecule has 0 radical (unpaired) electrons. The molecule has 0 aliphatic carbocycles. The van der Waals surface area contributed by atoms with Crippen LogP contribution in [0.4, 0.5) is 0 Å². The third kappa shape index (κ3) is 4.93. The molecule has 1 heterocycles. The molecule has 0 atom stereocenters. The molecule has 0 fully saturated rings. The maximum atomic E-state index is 5.41. The van der Waals surface area contributed by atoms with Crippen LogP contribution >= 0.6 is 0 Å². The van der Waals surface area contributed by atoms with Crippen LogP contribution in [0.25, 0.3) is 0 Å². The molecule has 15 heavy (non-hydrogen) atoms. The van der Waals surface area contributed by atoms with E-state index in [1.54, 1.807) is 0 Å². The number of hydrogen-bond donors (Lipinski definition) is 1. The second kappa shape index (κ2) is 5.26. The smallest absolute Gasteiger partial charge is 0.216 e. The van der Waals surface area contributed by atoms with E-state index < -0.39 is 0 Å². The van der Waals surface area contributed by atoms with Gasteiger partial charge in [-0.05, 0) is 33.7 Å². The van der Waals surface area contributed by atoms with Crippen LogP contribution in [-0.4, -0.2) is 22.3 Å². The monoisotopic (exact) mass is 211 g/mol. The van der Waals surface area contributed by atoms with Crippen molar-refractivity contribution in [1.29, 1.82) is 0 Å². The molecular formula is C11H21N3O. The van der Waals surface area contributed by atoms with Crippen LogP contribution in [0.1, 0.15) is 45.9 Å². The first-order valence-electron chi connectivity index (χ1n) is 5.57. The van der Waals surface area contributed by atoms with Gasteiger partial charge in [-0.1, -0.05) is 6.92 Å². The van der Waals surface area contributed by atoms with Gasteiger partial charge < -0.3 is 9.73 Å². The first kappa shape index (κ1) is 12.2.